The highest BCUT2D eigenvalue weighted by molar-refractivity contribution is 5.96. The molecule has 2 amide bonds. The first-order valence-corrected chi connectivity index (χ1v) is 7.59. The van der Waals surface area contributed by atoms with E-state index in [0.29, 0.717) is 18.8 Å². The Balaban J connectivity index is 1.56. The molecule has 1 saturated carbocycles. The number of nitrogens with two attached hydrogens (primary N) is 1. The van der Waals surface area contributed by atoms with Crippen molar-refractivity contribution in [1.29, 1.82) is 0 Å². The topological polar surface area (TPSA) is 75.4 Å². The van der Waals surface area contributed by atoms with E-state index in [4.69, 9.17) is 5.73 Å². The molecular weight excluding hydrogens is 266 g/mol. The van der Waals surface area contributed by atoms with Crippen molar-refractivity contribution in [2.75, 3.05) is 16.8 Å². The fraction of sp³-hybridized carbons (Fsp3) is 0.500. The fourth-order valence-electron chi connectivity index (χ4n) is 2.76. The average Bonchev–Trinajstić information content (AvgIpc) is 3.22. The molecule has 0 spiro atoms. The summed E-state index contributed by atoms with van der Waals surface area (Å²) in [6.45, 7) is 0.779. The molecule has 5 heteroatoms. The number of amides is 2. The molecule has 1 aliphatic heterocycles. The van der Waals surface area contributed by atoms with Gasteiger partial charge in [-0.2, -0.15) is 0 Å². The van der Waals surface area contributed by atoms with Gasteiger partial charge in [0, 0.05) is 36.8 Å². The highest BCUT2D eigenvalue weighted by Gasteiger charge is 2.29. The van der Waals surface area contributed by atoms with Gasteiger partial charge < -0.3 is 16.0 Å². The van der Waals surface area contributed by atoms with Gasteiger partial charge in [-0.25, -0.2) is 0 Å². The van der Waals surface area contributed by atoms with Gasteiger partial charge in [-0.15, -0.1) is 0 Å². The fourth-order valence-corrected chi connectivity index (χ4v) is 2.76. The largest absolute Gasteiger partial charge is 0.327 e. The van der Waals surface area contributed by atoms with Crippen molar-refractivity contribution < 1.29 is 9.59 Å². The van der Waals surface area contributed by atoms with Crippen LogP contribution < -0.4 is 16.0 Å². The van der Waals surface area contributed by atoms with Crippen LogP contribution in [0.4, 0.5) is 11.4 Å². The second-order valence-corrected chi connectivity index (χ2v) is 5.95. The summed E-state index contributed by atoms with van der Waals surface area (Å²) in [7, 11) is 0. The van der Waals surface area contributed by atoms with Gasteiger partial charge in [0.1, 0.15) is 0 Å². The summed E-state index contributed by atoms with van der Waals surface area (Å²) >= 11 is 0. The minimum atomic E-state index is -0.0422. The first kappa shape index (κ1) is 14.1. The van der Waals surface area contributed by atoms with Crippen LogP contribution in [0.5, 0.6) is 0 Å². The summed E-state index contributed by atoms with van der Waals surface area (Å²) in [5.74, 6) is 0.654. The lowest BCUT2D eigenvalue weighted by Gasteiger charge is -2.16. The molecule has 1 heterocycles. The van der Waals surface area contributed by atoms with E-state index in [2.05, 4.69) is 5.32 Å². The zero-order chi connectivity index (χ0) is 14.8. The SMILES string of the molecule is NC(CC(=O)Nc1ccc(N2CCCC2=O)cc1)C1CC1. The van der Waals surface area contributed by atoms with Crippen LogP contribution in [-0.4, -0.2) is 24.4 Å². The first-order chi connectivity index (χ1) is 10.1. The van der Waals surface area contributed by atoms with Gasteiger partial charge in [0.2, 0.25) is 11.8 Å². The minimum absolute atomic E-state index is 0.0218. The Labute approximate surface area is 124 Å². The van der Waals surface area contributed by atoms with E-state index in [0.717, 1.165) is 37.2 Å². The molecular formula is C16H21N3O2. The van der Waals surface area contributed by atoms with Crippen LogP contribution in [0.1, 0.15) is 32.1 Å². The number of hydrogen-bond acceptors (Lipinski definition) is 3. The molecule has 1 aliphatic carbocycles. The molecule has 3 N–H and O–H groups in total. The van der Waals surface area contributed by atoms with E-state index in [1.165, 1.54) is 0 Å². The first-order valence-electron chi connectivity index (χ1n) is 7.59. The number of nitrogens with one attached hydrogen (secondary N) is 1. The summed E-state index contributed by atoms with van der Waals surface area (Å²) in [4.78, 5) is 25.3. The van der Waals surface area contributed by atoms with Crippen LogP contribution in [0.25, 0.3) is 0 Å². The molecule has 1 aromatic rings. The van der Waals surface area contributed by atoms with Crippen LogP contribution in [0.3, 0.4) is 0 Å². The number of rotatable bonds is 5. The van der Waals surface area contributed by atoms with E-state index in [-0.39, 0.29) is 17.9 Å². The average molecular weight is 287 g/mol. The zero-order valence-corrected chi connectivity index (χ0v) is 12.0. The second-order valence-electron chi connectivity index (χ2n) is 5.95. The Bertz CT molecular complexity index is 537. The molecule has 112 valence electrons. The Kier molecular flexibility index (Phi) is 3.92. The monoisotopic (exact) mass is 287 g/mol. The second kappa shape index (κ2) is 5.85. The molecule has 3 rings (SSSR count). The molecule has 1 atom stereocenters. The van der Waals surface area contributed by atoms with Crippen molar-refractivity contribution in [3.63, 3.8) is 0 Å². The molecule has 0 bridgehead atoms. The Hall–Kier alpha value is -1.88. The third kappa shape index (κ3) is 3.42. The van der Waals surface area contributed by atoms with Gasteiger partial charge in [-0.05, 0) is 49.4 Å². The summed E-state index contributed by atoms with van der Waals surface area (Å²) < 4.78 is 0. The number of carbonyl (C=O) groups is 2. The molecule has 0 aromatic heterocycles. The summed E-state index contributed by atoms with van der Waals surface area (Å²) in [5, 5.41) is 2.86. The van der Waals surface area contributed by atoms with Crippen molar-refractivity contribution >= 4 is 23.2 Å². The molecule has 21 heavy (non-hydrogen) atoms. The number of nitrogens with zero attached hydrogens (tertiary/aromatic N) is 1. The van der Waals surface area contributed by atoms with Crippen LogP contribution in [0, 0.1) is 5.92 Å². The highest BCUT2D eigenvalue weighted by atomic mass is 16.2. The van der Waals surface area contributed by atoms with E-state index < -0.39 is 0 Å². The van der Waals surface area contributed by atoms with Crippen LogP contribution in [-0.2, 0) is 9.59 Å². The number of benzene rings is 1. The normalized spacial score (nSPS) is 19.7. The van der Waals surface area contributed by atoms with Crippen LogP contribution in [0.15, 0.2) is 24.3 Å². The van der Waals surface area contributed by atoms with Gasteiger partial charge in [-0.1, -0.05) is 0 Å². The third-order valence-corrected chi connectivity index (χ3v) is 4.18. The number of carbonyl (C=O) groups excluding carboxylic acids is 2. The van der Waals surface area contributed by atoms with Crippen molar-refractivity contribution in [1.82, 2.24) is 0 Å². The van der Waals surface area contributed by atoms with Gasteiger partial charge in [0.05, 0.1) is 0 Å². The molecule has 2 aliphatic rings. The van der Waals surface area contributed by atoms with Crippen molar-refractivity contribution in [3.05, 3.63) is 24.3 Å². The zero-order valence-electron chi connectivity index (χ0n) is 12.0. The van der Waals surface area contributed by atoms with Crippen LogP contribution in [0.2, 0.25) is 0 Å². The molecule has 1 saturated heterocycles. The highest BCUT2D eigenvalue weighted by Crippen LogP contribution is 2.33. The van der Waals surface area contributed by atoms with E-state index in [9.17, 15) is 9.59 Å². The molecule has 0 radical (unpaired) electrons. The molecule has 2 fully saturated rings. The minimum Gasteiger partial charge on any atom is -0.327 e. The molecule has 5 nitrogen and oxygen atoms in total. The van der Waals surface area contributed by atoms with Crippen molar-refractivity contribution in [2.45, 2.75) is 38.1 Å². The summed E-state index contributed by atoms with van der Waals surface area (Å²) in [5.41, 5.74) is 7.59. The predicted molar refractivity (Wildman–Crippen MR) is 82.0 cm³/mol. The maximum absolute atomic E-state index is 11.9. The maximum Gasteiger partial charge on any atom is 0.227 e. The predicted octanol–water partition coefficient (Wildman–Crippen LogP) is 1.88. The quantitative estimate of drug-likeness (QED) is 0.868. The molecule has 1 aromatic carbocycles. The lowest BCUT2D eigenvalue weighted by Crippen LogP contribution is -2.28. The van der Waals surface area contributed by atoms with Gasteiger partial charge in [0.15, 0.2) is 0 Å². The third-order valence-electron chi connectivity index (χ3n) is 4.18. The number of anilines is 2. The lowest BCUT2D eigenvalue weighted by atomic mass is 10.1. The van der Waals surface area contributed by atoms with Gasteiger partial charge in [0.25, 0.3) is 0 Å². The van der Waals surface area contributed by atoms with E-state index in [1.54, 1.807) is 4.90 Å². The molecule has 1 unspecified atom stereocenters. The Morgan fingerprint density at radius 2 is 2.05 bits per heavy atom. The van der Waals surface area contributed by atoms with E-state index >= 15 is 0 Å². The van der Waals surface area contributed by atoms with Crippen molar-refractivity contribution in [3.8, 4) is 0 Å². The van der Waals surface area contributed by atoms with Gasteiger partial charge in [-0.3, -0.25) is 9.59 Å². The van der Waals surface area contributed by atoms with Crippen molar-refractivity contribution in [2.24, 2.45) is 11.7 Å². The Morgan fingerprint density at radius 3 is 2.62 bits per heavy atom. The van der Waals surface area contributed by atoms with Crippen LogP contribution >= 0.6 is 0 Å². The summed E-state index contributed by atoms with van der Waals surface area (Å²) in [6, 6.07) is 7.40. The summed E-state index contributed by atoms with van der Waals surface area (Å²) in [6.07, 6.45) is 4.20. The standard InChI is InChI=1S/C16H21N3O2/c17-14(11-3-4-11)10-15(20)18-12-5-7-13(8-6-12)19-9-1-2-16(19)21/h5-8,11,14H,1-4,9-10,17H2,(H,18,20). The number of hydrogen-bond donors (Lipinski definition) is 2. The van der Waals surface area contributed by atoms with E-state index in [1.807, 2.05) is 24.3 Å². The van der Waals surface area contributed by atoms with Gasteiger partial charge >= 0.3 is 0 Å². The smallest absolute Gasteiger partial charge is 0.227 e. The lowest BCUT2D eigenvalue weighted by molar-refractivity contribution is -0.117. The Morgan fingerprint density at radius 1 is 1.33 bits per heavy atom. The maximum atomic E-state index is 11.9.